The normalized spacial score (nSPS) is 26.7. The summed E-state index contributed by atoms with van der Waals surface area (Å²) in [6.07, 6.45) is -1.98. The van der Waals surface area contributed by atoms with Gasteiger partial charge in [-0.05, 0) is 32.1 Å². The van der Waals surface area contributed by atoms with Gasteiger partial charge in [0.05, 0.1) is 6.04 Å². The van der Waals surface area contributed by atoms with Crippen molar-refractivity contribution in [3.63, 3.8) is 0 Å². The first-order valence-corrected chi connectivity index (χ1v) is 11.3. The standard InChI is InChI=1S/C18H25FN6O2.C2HF3O2/c19-12-8-11(9-12)18(27)24-5-4-23-6-7-25-15(14(23)10-24)21-22-16(25)17(26)20-13-2-1-3-13;3-2(4,5)1(6)7/h11-14H,1-10H2,(H,20,26);(H,6,7). The van der Waals surface area contributed by atoms with Crippen molar-refractivity contribution in [3.8, 4) is 0 Å². The molecule has 3 fully saturated rings. The van der Waals surface area contributed by atoms with Crippen molar-refractivity contribution < 1.29 is 37.1 Å². The zero-order valence-electron chi connectivity index (χ0n) is 18.3. The van der Waals surface area contributed by atoms with E-state index in [2.05, 4.69) is 20.4 Å². The van der Waals surface area contributed by atoms with Crippen LogP contribution in [0, 0.1) is 5.92 Å². The number of carbonyl (C=O) groups excluding carboxylic acids is 2. The summed E-state index contributed by atoms with van der Waals surface area (Å²) in [6, 6.07) is 0.214. The van der Waals surface area contributed by atoms with Gasteiger partial charge in [0.1, 0.15) is 6.17 Å². The fourth-order valence-electron chi connectivity index (χ4n) is 4.52. The average Bonchev–Trinajstić information content (AvgIpc) is 3.17. The Morgan fingerprint density at radius 3 is 2.24 bits per heavy atom. The molecule has 2 aliphatic carbocycles. The number of hydrogen-bond acceptors (Lipinski definition) is 6. The molecule has 1 aromatic heterocycles. The Balaban J connectivity index is 0.000000344. The van der Waals surface area contributed by atoms with Crippen LogP contribution in [0.15, 0.2) is 0 Å². The molecule has 0 bridgehead atoms. The highest BCUT2D eigenvalue weighted by Gasteiger charge is 2.42. The van der Waals surface area contributed by atoms with Crippen LogP contribution in [0.3, 0.4) is 0 Å². The van der Waals surface area contributed by atoms with E-state index in [0.29, 0.717) is 38.3 Å². The number of nitrogens with one attached hydrogen (secondary N) is 1. The van der Waals surface area contributed by atoms with E-state index in [9.17, 15) is 27.2 Å². The monoisotopic (exact) mass is 490 g/mol. The lowest BCUT2D eigenvalue weighted by atomic mass is 9.82. The van der Waals surface area contributed by atoms with E-state index in [4.69, 9.17) is 9.90 Å². The number of halogens is 4. The molecule has 1 unspecified atom stereocenters. The molecule has 5 rings (SSSR count). The Kier molecular flexibility index (Phi) is 6.78. The van der Waals surface area contributed by atoms with Crippen LogP contribution >= 0.6 is 0 Å². The van der Waals surface area contributed by atoms with Crippen molar-refractivity contribution in [1.29, 1.82) is 0 Å². The van der Waals surface area contributed by atoms with Gasteiger partial charge >= 0.3 is 12.1 Å². The molecule has 1 atom stereocenters. The Bertz CT molecular complexity index is 944. The molecule has 0 spiro atoms. The van der Waals surface area contributed by atoms with Crippen molar-refractivity contribution in [3.05, 3.63) is 11.6 Å². The van der Waals surface area contributed by atoms with Gasteiger partial charge < -0.3 is 19.9 Å². The predicted molar refractivity (Wildman–Crippen MR) is 107 cm³/mol. The minimum Gasteiger partial charge on any atom is -0.475 e. The third kappa shape index (κ3) is 5.00. The van der Waals surface area contributed by atoms with E-state index >= 15 is 0 Å². The Morgan fingerprint density at radius 2 is 1.68 bits per heavy atom. The first kappa shape index (κ1) is 24.4. The van der Waals surface area contributed by atoms with Gasteiger partial charge in [0.15, 0.2) is 5.82 Å². The number of amides is 2. The van der Waals surface area contributed by atoms with Crippen LogP contribution in [0.4, 0.5) is 17.6 Å². The molecule has 14 heteroatoms. The minimum atomic E-state index is -5.08. The smallest absolute Gasteiger partial charge is 0.475 e. The average molecular weight is 490 g/mol. The number of aromatic nitrogens is 3. The first-order chi connectivity index (χ1) is 16.0. The molecule has 0 radical (unpaired) electrons. The number of carbonyl (C=O) groups is 3. The molecule has 2 amide bonds. The highest BCUT2D eigenvalue weighted by molar-refractivity contribution is 5.91. The number of aliphatic carboxylic acids is 1. The molecule has 4 aliphatic rings. The van der Waals surface area contributed by atoms with Gasteiger partial charge in [-0.1, -0.05) is 0 Å². The molecule has 2 saturated carbocycles. The molecule has 1 aromatic rings. The van der Waals surface area contributed by atoms with Gasteiger partial charge in [0, 0.05) is 44.7 Å². The summed E-state index contributed by atoms with van der Waals surface area (Å²) in [5.41, 5.74) is 0. The fourth-order valence-corrected chi connectivity index (χ4v) is 4.52. The van der Waals surface area contributed by atoms with Gasteiger partial charge in [0.25, 0.3) is 5.91 Å². The lowest BCUT2D eigenvalue weighted by molar-refractivity contribution is -0.192. The Labute approximate surface area is 192 Å². The second-order valence-corrected chi connectivity index (χ2v) is 9.04. The summed E-state index contributed by atoms with van der Waals surface area (Å²) in [5, 5.41) is 18.6. The second kappa shape index (κ2) is 9.47. The number of fused-ring (bicyclic) bond motifs is 3. The largest absolute Gasteiger partial charge is 0.490 e. The highest BCUT2D eigenvalue weighted by Crippen LogP contribution is 2.34. The van der Waals surface area contributed by atoms with E-state index < -0.39 is 18.3 Å². The molecule has 1 saturated heterocycles. The molecule has 10 nitrogen and oxygen atoms in total. The van der Waals surface area contributed by atoms with E-state index in [1.54, 1.807) is 0 Å². The number of carboxylic acid groups (broad SMARTS) is 1. The summed E-state index contributed by atoms with van der Waals surface area (Å²) < 4.78 is 46.8. The number of nitrogens with zero attached hydrogens (tertiary/aromatic N) is 5. The van der Waals surface area contributed by atoms with Crippen LogP contribution in [0.5, 0.6) is 0 Å². The predicted octanol–water partition coefficient (Wildman–Crippen LogP) is 1.14. The van der Waals surface area contributed by atoms with Crippen molar-refractivity contribution in [1.82, 2.24) is 29.9 Å². The van der Waals surface area contributed by atoms with Crippen LogP contribution in [0.25, 0.3) is 0 Å². The topological polar surface area (TPSA) is 121 Å². The highest BCUT2D eigenvalue weighted by atomic mass is 19.4. The fraction of sp³-hybridized carbons (Fsp3) is 0.750. The van der Waals surface area contributed by atoms with Crippen LogP contribution in [-0.4, -0.2) is 92.0 Å². The van der Waals surface area contributed by atoms with Gasteiger partial charge in [-0.25, -0.2) is 9.18 Å². The van der Waals surface area contributed by atoms with Gasteiger partial charge in [0.2, 0.25) is 11.7 Å². The molecular formula is C20H26F4N6O4. The molecule has 2 N–H and O–H groups in total. The zero-order chi connectivity index (χ0) is 24.6. The van der Waals surface area contributed by atoms with Crippen LogP contribution in [0.2, 0.25) is 0 Å². The maximum Gasteiger partial charge on any atom is 0.490 e. The number of alkyl halides is 4. The number of carboxylic acids is 1. The number of hydrogen-bond donors (Lipinski definition) is 2. The summed E-state index contributed by atoms with van der Waals surface area (Å²) >= 11 is 0. The molecule has 2 aliphatic heterocycles. The lowest BCUT2D eigenvalue weighted by Gasteiger charge is -2.45. The Hall–Kier alpha value is -2.77. The molecule has 0 aromatic carbocycles. The SMILES string of the molecule is O=C(NC1CCC1)c1nnc2n1CCN1CCN(C(=O)C3CC(F)C3)CC21.O=C(O)C(F)(F)F. The first-order valence-electron chi connectivity index (χ1n) is 11.3. The Morgan fingerprint density at radius 1 is 1.03 bits per heavy atom. The van der Waals surface area contributed by atoms with E-state index in [-0.39, 0.29) is 29.8 Å². The summed E-state index contributed by atoms with van der Waals surface area (Å²) in [7, 11) is 0. The van der Waals surface area contributed by atoms with Crippen molar-refractivity contribution in [2.45, 2.75) is 63.1 Å². The molecule has 3 heterocycles. The maximum atomic E-state index is 13.1. The molecule has 188 valence electrons. The lowest BCUT2D eigenvalue weighted by Crippen LogP contribution is -2.56. The minimum absolute atomic E-state index is 0.0459. The van der Waals surface area contributed by atoms with Crippen molar-refractivity contribution >= 4 is 17.8 Å². The van der Waals surface area contributed by atoms with Crippen molar-refractivity contribution in [2.75, 3.05) is 26.2 Å². The summed E-state index contributed by atoms with van der Waals surface area (Å²) in [6.45, 7) is 3.49. The van der Waals surface area contributed by atoms with Crippen LogP contribution in [-0.2, 0) is 16.1 Å². The quantitative estimate of drug-likeness (QED) is 0.610. The third-order valence-corrected chi connectivity index (χ3v) is 6.81. The summed E-state index contributed by atoms with van der Waals surface area (Å²) in [4.78, 5) is 38.2. The van der Waals surface area contributed by atoms with Gasteiger partial charge in [-0.3, -0.25) is 14.5 Å². The molecular weight excluding hydrogens is 464 g/mol. The third-order valence-electron chi connectivity index (χ3n) is 6.81. The number of piperazine rings is 1. The summed E-state index contributed by atoms with van der Waals surface area (Å²) in [5.74, 6) is -1.89. The zero-order valence-corrected chi connectivity index (χ0v) is 18.3. The van der Waals surface area contributed by atoms with Gasteiger partial charge in [-0.15, -0.1) is 10.2 Å². The van der Waals surface area contributed by atoms with E-state index in [1.165, 1.54) is 0 Å². The number of rotatable bonds is 3. The second-order valence-electron chi connectivity index (χ2n) is 9.04. The van der Waals surface area contributed by atoms with E-state index in [1.807, 2.05) is 9.47 Å². The van der Waals surface area contributed by atoms with Crippen LogP contribution in [0.1, 0.15) is 54.6 Å². The van der Waals surface area contributed by atoms with Gasteiger partial charge in [-0.2, -0.15) is 13.2 Å². The molecule has 34 heavy (non-hydrogen) atoms. The maximum absolute atomic E-state index is 13.1. The van der Waals surface area contributed by atoms with E-state index in [0.717, 1.165) is 38.2 Å². The van der Waals surface area contributed by atoms with Crippen molar-refractivity contribution in [2.24, 2.45) is 5.92 Å². The van der Waals surface area contributed by atoms with Crippen LogP contribution < -0.4 is 5.32 Å².